The maximum absolute atomic E-state index is 13.1. The van der Waals surface area contributed by atoms with Crippen molar-refractivity contribution >= 4 is 17.4 Å². The molecule has 5 heteroatoms. The first-order valence-electron chi connectivity index (χ1n) is 10.7. The number of rotatable bonds is 7. The fourth-order valence-electron chi connectivity index (χ4n) is 3.89. The molecule has 1 aliphatic heterocycles. The van der Waals surface area contributed by atoms with Crippen molar-refractivity contribution in [3.63, 3.8) is 0 Å². The molecule has 1 N–H and O–H groups in total. The van der Waals surface area contributed by atoms with Gasteiger partial charge < -0.3 is 14.7 Å². The average Bonchev–Trinajstić information content (AvgIpc) is 3.08. The molecule has 0 spiro atoms. The number of hydrogen-bond donors (Lipinski definition) is 1. The van der Waals surface area contributed by atoms with Crippen LogP contribution >= 0.6 is 0 Å². The summed E-state index contributed by atoms with van der Waals surface area (Å²) in [7, 11) is 0. The molecule has 1 amide bonds. The zero-order valence-electron chi connectivity index (χ0n) is 17.9. The normalized spacial score (nSPS) is 17.5. The number of carbonyl (C=O) groups excluding carboxylic acids is 2. The minimum Gasteiger partial charge on any atom is -0.507 e. The van der Waals surface area contributed by atoms with E-state index in [2.05, 4.69) is 0 Å². The minimum atomic E-state index is -0.698. The standard InChI is InChI=1S/C27H25NO4/c1-2-17-32-22-15-13-20(14-16-22)24-23(25(29)21-11-7-4-8-12-21)26(30)27(31)28(24)18-19-9-5-3-6-10-19/h3-16,24,29H,2,17-18H2,1H3. The van der Waals surface area contributed by atoms with E-state index < -0.39 is 17.7 Å². The Balaban J connectivity index is 1.79. The summed E-state index contributed by atoms with van der Waals surface area (Å²) >= 11 is 0. The van der Waals surface area contributed by atoms with Gasteiger partial charge in [0.2, 0.25) is 0 Å². The number of ketones is 1. The lowest BCUT2D eigenvalue weighted by molar-refractivity contribution is -0.140. The first-order valence-corrected chi connectivity index (χ1v) is 10.7. The van der Waals surface area contributed by atoms with Gasteiger partial charge in [-0.2, -0.15) is 0 Å². The number of aliphatic hydroxyl groups is 1. The molecule has 1 atom stereocenters. The lowest BCUT2D eigenvalue weighted by Crippen LogP contribution is -2.29. The second-order valence-corrected chi connectivity index (χ2v) is 7.70. The third-order valence-corrected chi connectivity index (χ3v) is 5.45. The number of nitrogens with zero attached hydrogens (tertiary/aromatic N) is 1. The Labute approximate surface area is 187 Å². The fourth-order valence-corrected chi connectivity index (χ4v) is 3.89. The molecule has 1 heterocycles. The first kappa shape index (κ1) is 21.4. The van der Waals surface area contributed by atoms with Gasteiger partial charge in [0, 0.05) is 12.1 Å². The van der Waals surface area contributed by atoms with Crippen LogP contribution in [0.4, 0.5) is 0 Å². The third-order valence-electron chi connectivity index (χ3n) is 5.45. The summed E-state index contributed by atoms with van der Waals surface area (Å²) in [6, 6.07) is 25.0. The highest BCUT2D eigenvalue weighted by Crippen LogP contribution is 2.40. The van der Waals surface area contributed by atoms with E-state index in [0.717, 1.165) is 23.3 Å². The van der Waals surface area contributed by atoms with Gasteiger partial charge in [-0.1, -0.05) is 79.7 Å². The van der Waals surface area contributed by atoms with Crippen LogP contribution in [-0.4, -0.2) is 28.3 Å². The first-order chi connectivity index (χ1) is 15.6. The zero-order valence-corrected chi connectivity index (χ0v) is 17.9. The molecule has 1 aliphatic rings. The highest BCUT2D eigenvalue weighted by atomic mass is 16.5. The van der Waals surface area contributed by atoms with Gasteiger partial charge in [0.25, 0.3) is 11.7 Å². The molecule has 0 radical (unpaired) electrons. The molecule has 0 bridgehead atoms. The number of aliphatic hydroxyl groups excluding tert-OH is 1. The molecule has 5 nitrogen and oxygen atoms in total. The Kier molecular flexibility index (Phi) is 6.36. The molecule has 1 unspecified atom stereocenters. The molecule has 1 fully saturated rings. The van der Waals surface area contributed by atoms with Crippen molar-refractivity contribution in [1.29, 1.82) is 0 Å². The number of Topliss-reactive ketones (excluding diaryl/α,β-unsaturated/α-hetero) is 1. The highest BCUT2D eigenvalue weighted by molar-refractivity contribution is 6.46. The van der Waals surface area contributed by atoms with Gasteiger partial charge in [-0.25, -0.2) is 0 Å². The molecule has 0 aliphatic carbocycles. The maximum Gasteiger partial charge on any atom is 0.295 e. The van der Waals surface area contributed by atoms with Gasteiger partial charge in [-0.15, -0.1) is 0 Å². The quantitative estimate of drug-likeness (QED) is 0.324. The van der Waals surface area contributed by atoms with Crippen LogP contribution in [0.1, 0.15) is 36.1 Å². The summed E-state index contributed by atoms with van der Waals surface area (Å²) in [4.78, 5) is 27.7. The van der Waals surface area contributed by atoms with Crippen LogP contribution in [0.25, 0.3) is 5.76 Å². The molecule has 0 saturated carbocycles. The van der Waals surface area contributed by atoms with Gasteiger partial charge in [-0.3, -0.25) is 9.59 Å². The van der Waals surface area contributed by atoms with Crippen LogP contribution in [0.15, 0.2) is 90.5 Å². The molecule has 3 aromatic rings. The minimum absolute atomic E-state index is 0.0966. The van der Waals surface area contributed by atoms with Crippen LogP contribution in [0, 0.1) is 0 Å². The molecule has 3 aromatic carbocycles. The number of amides is 1. The Morgan fingerprint density at radius 3 is 2.16 bits per heavy atom. The molecule has 0 aromatic heterocycles. The Morgan fingerprint density at radius 2 is 1.53 bits per heavy atom. The van der Waals surface area contributed by atoms with Gasteiger partial charge >= 0.3 is 0 Å². The summed E-state index contributed by atoms with van der Waals surface area (Å²) in [5.74, 6) is -0.754. The molecular formula is C27H25NO4. The largest absolute Gasteiger partial charge is 0.507 e. The Morgan fingerprint density at radius 1 is 0.906 bits per heavy atom. The topological polar surface area (TPSA) is 66.8 Å². The van der Waals surface area contributed by atoms with Crippen LogP contribution in [-0.2, 0) is 16.1 Å². The number of benzene rings is 3. The lowest BCUT2D eigenvalue weighted by atomic mass is 9.95. The van der Waals surface area contributed by atoms with Crippen molar-refractivity contribution < 1.29 is 19.4 Å². The second kappa shape index (κ2) is 9.52. The van der Waals surface area contributed by atoms with Crippen molar-refractivity contribution in [2.75, 3.05) is 6.61 Å². The highest BCUT2D eigenvalue weighted by Gasteiger charge is 2.46. The summed E-state index contributed by atoms with van der Waals surface area (Å²) in [6.45, 7) is 2.91. The van der Waals surface area contributed by atoms with E-state index in [1.54, 1.807) is 24.3 Å². The average molecular weight is 428 g/mol. The van der Waals surface area contributed by atoms with E-state index in [4.69, 9.17) is 4.74 Å². The number of ether oxygens (including phenoxy) is 1. The summed E-state index contributed by atoms with van der Waals surface area (Å²) in [6.07, 6.45) is 0.899. The predicted molar refractivity (Wildman–Crippen MR) is 123 cm³/mol. The maximum atomic E-state index is 13.1. The molecular weight excluding hydrogens is 402 g/mol. The van der Waals surface area contributed by atoms with Crippen LogP contribution < -0.4 is 4.74 Å². The SMILES string of the molecule is CCCOc1ccc(C2C(=C(O)c3ccccc3)C(=O)C(=O)N2Cc2ccccc2)cc1. The fraction of sp³-hybridized carbons (Fsp3) is 0.185. The van der Waals surface area contributed by atoms with E-state index in [1.807, 2.05) is 67.6 Å². The third kappa shape index (κ3) is 4.28. The molecule has 1 saturated heterocycles. The Hall–Kier alpha value is -3.86. The number of hydrogen-bond acceptors (Lipinski definition) is 4. The van der Waals surface area contributed by atoms with E-state index in [-0.39, 0.29) is 17.9 Å². The van der Waals surface area contributed by atoms with E-state index in [0.29, 0.717) is 12.2 Å². The van der Waals surface area contributed by atoms with Gasteiger partial charge in [0.15, 0.2) is 0 Å². The van der Waals surface area contributed by atoms with Crippen LogP contribution in [0.3, 0.4) is 0 Å². The van der Waals surface area contributed by atoms with E-state index in [1.165, 1.54) is 4.90 Å². The van der Waals surface area contributed by atoms with Gasteiger partial charge in [-0.05, 0) is 29.7 Å². The van der Waals surface area contributed by atoms with Crippen molar-refractivity contribution in [3.8, 4) is 5.75 Å². The molecule has 162 valence electrons. The number of likely N-dealkylation sites (tertiary alicyclic amines) is 1. The van der Waals surface area contributed by atoms with Gasteiger partial charge in [0.05, 0.1) is 18.2 Å². The smallest absolute Gasteiger partial charge is 0.295 e. The lowest BCUT2D eigenvalue weighted by Gasteiger charge is -2.25. The second-order valence-electron chi connectivity index (χ2n) is 7.70. The zero-order chi connectivity index (χ0) is 22.5. The molecule has 4 rings (SSSR count). The van der Waals surface area contributed by atoms with Crippen LogP contribution in [0.2, 0.25) is 0 Å². The monoisotopic (exact) mass is 427 g/mol. The summed E-state index contributed by atoms with van der Waals surface area (Å²) in [5.41, 5.74) is 2.24. The van der Waals surface area contributed by atoms with Gasteiger partial charge in [0.1, 0.15) is 11.5 Å². The van der Waals surface area contributed by atoms with Crippen molar-refractivity contribution in [2.45, 2.75) is 25.9 Å². The van der Waals surface area contributed by atoms with E-state index >= 15 is 0 Å². The van der Waals surface area contributed by atoms with Crippen molar-refractivity contribution in [3.05, 3.63) is 107 Å². The summed E-state index contributed by atoms with van der Waals surface area (Å²) in [5, 5.41) is 11.1. The van der Waals surface area contributed by atoms with Crippen molar-refractivity contribution in [2.24, 2.45) is 0 Å². The number of carbonyl (C=O) groups is 2. The Bertz CT molecular complexity index is 1120. The van der Waals surface area contributed by atoms with E-state index in [9.17, 15) is 14.7 Å². The molecule has 32 heavy (non-hydrogen) atoms. The van der Waals surface area contributed by atoms with Crippen molar-refractivity contribution in [1.82, 2.24) is 4.90 Å². The predicted octanol–water partition coefficient (Wildman–Crippen LogP) is 5.10. The van der Waals surface area contributed by atoms with Crippen LogP contribution in [0.5, 0.6) is 5.75 Å². The summed E-state index contributed by atoms with van der Waals surface area (Å²) < 4.78 is 5.67.